The molecule has 7 aromatic carbocycles. The number of anilines is 3. The molecule has 3 heteroatoms. The van der Waals surface area contributed by atoms with Crippen LogP contribution in [0.25, 0.3) is 66.1 Å². The van der Waals surface area contributed by atoms with Crippen LogP contribution in [0.5, 0.6) is 0 Å². The minimum Gasteiger partial charge on any atom is -0.456 e. The van der Waals surface area contributed by atoms with Gasteiger partial charge in [-0.3, -0.25) is 0 Å². The van der Waals surface area contributed by atoms with Crippen molar-refractivity contribution in [3.05, 3.63) is 163 Å². The van der Waals surface area contributed by atoms with Crippen molar-refractivity contribution in [3.8, 4) is 22.3 Å². The first kappa shape index (κ1) is 27.1. The highest BCUT2D eigenvalue weighted by molar-refractivity contribution is 6.18. The summed E-state index contributed by atoms with van der Waals surface area (Å²) in [5, 5.41) is 4.29. The van der Waals surface area contributed by atoms with E-state index in [0.29, 0.717) is 0 Å². The van der Waals surface area contributed by atoms with E-state index in [-0.39, 0.29) is 5.41 Å². The molecule has 9 aromatic rings. The van der Waals surface area contributed by atoms with Crippen LogP contribution in [0.2, 0.25) is 0 Å². The van der Waals surface area contributed by atoms with Crippen LogP contribution in [-0.2, 0) is 5.41 Å². The van der Waals surface area contributed by atoms with Crippen LogP contribution < -0.4 is 4.90 Å². The summed E-state index contributed by atoms with van der Waals surface area (Å²) in [5.41, 5.74) is 14.3. The number of hydrogen-bond donors (Lipinski definition) is 0. The average molecular weight is 618 g/mol. The Morgan fingerprint density at radius 2 is 1.04 bits per heavy atom. The lowest BCUT2D eigenvalue weighted by atomic mass is 9.82. The molecule has 0 atom stereocenters. The fourth-order valence-corrected chi connectivity index (χ4v) is 7.94. The summed E-state index contributed by atoms with van der Waals surface area (Å²) in [6, 6.07) is 53.9. The molecular weight excluding hydrogens is 587 g/mol. The van der Waals surface area contributed by atoms with E-state index in [0.717, 1.165) is 66.5 Å². The van der Waals surface area contributed by atoms with Crippen molar-refractivity contribution in [1.29, 1.82) is 0 Å². The van der Waals surface area contributed by atoms with Gasteiger partial charge in [0, 0.05) is 50.1 Å². The van der Waals surface area contributed by atoms with Crippen molar-refractivity contribution in [1.82, 2.24) is 0 Å². The normalized spacial score (nSPS) is 13.4. The second kappa shape index (κ2) is 9.97. The summed E-state index contributed by atoms with van der Waals surface area (Å²) in [5.74, 6) is 0. The van der Waals surface area contributed by atoms with Gasteiger partial charge >= 0.3 is 0 Å². The van der Waals surface area contributed by atoms with E-state index in [1.807, 2.05) is 12.1 Å². The molecule has 0 spiro atoms. The molecule has 228 valence electrons. The van der Waals surface area contributed by atoms with E-state index in [9.17, 15) is 0 Å². The first-order valence-electron chi connectivity index (χ1n) is 16.5. The summed E-state index contributed by atoms with van der Waals surface area (Å²) < 4.78 is 13.1. The molecule has 0 amide bonds. The molecular formula is C45H31NO2. The van der Waals surface area contributed by atoms with E-state index in [1.165, 1.54) is 27.8 Å². The Kier molecular flexibility index (Phi) is 5.63. The maximum Gasteiger partial charge on any atom is 0.137 e. The Morgan fingerprint density at radius 3 is 1.90 bits per heavy atom. The average Bonchev–Trinajstić information content (AvgIpc) is 3.75. The highest BCUT2D eigenvalue weighted by atomic mass is 16.3. The quantitative estimate of drug-likeness (QED) is 0.197. The van der Waals surface area contributed by atoms with Crippen LogP contribution in [0.4, 0.5) is 17.1 Å². The lowest BCUT2D eigenvalue weighted by Gasteiger charge is -2.28. The van der Waals surface area contributed by atoms with E-state index in [4.69, 9.17) is 8.83 Å². The number of furan rings is 2. The largest absolute Gasteiger partial charge is 0.456 e. The van der Waals surface area contributed by atoms with Crippen LogP contribution in [-0.4, -0.2) is 0 Å². The van der Waals surface area contributed by atoms with Crippen molar-refractivity contribution < 1.29 is 8.83 Å². The van der Waals surface area contributed by atoms with Crippen LogP contribution in [0.3, 0.4) is 0 Å². The first-order chi connectivity index (χ1) is 23.5. The predicted molar refractivity (Wildman–Crippen MR) is 199 cm³/mol. The molecule has 0 fully saturated rings. The third-order valence-corrected chi connectivity index (χ3v) is 10.3. The van der Waals surface area contributed by atoms with Gasteiger partial charge in [-0.15, -0.1) is 0 Å². The van der Waals surface area contributed by atoms with Gasteiger partial charge in [0.1, 0.15) is 22.3 Å². The van der Waals surface area contributed by atoms with E-state index < -0.39 is 0 Å². The van der Waals surface area contributed by atoms with Crippen molar-refractivity contribution in [2.24, 2.45) is 0 Å². The first-order valence-corrected chi connectivity index (χ1v) is 16.5. The molecule has 0 saturated heterocycles. The fraction of sp³-hybridized carbons (Fsp3) is 0.0667. The van der Waals surface area contributed by atoms with Gasteiger partial charge in [0.15, 0.2) is 0 Å². The van der Waals surface area contributed by atoms with Gasteiger partial charge in [-0.05, 0) is 88.0 Å². The van der Waals surface area contributed by atoms with Gasteiger partial charge in [-0.25, -0.2) is 0 Å². The minimum absolute atomic E-state index is 0.0888. The SMILES string of the molecule is CC1(C)c2ccccc2-c2ccc(N(c3ccccc3)c3ccc4c(c3)oc3cc5c(cc34)oc3cccc(-c4ccccc4)c35)cc21. The second-order valence-electron chi connectivity index (χ2n) is 13.3. The molecule has 10 rings (SSSR count). The summed E-state index contributed by atoms with van der Waals surface area (Å²) in [7, 11) is 0. The zero-order chi connectivity index (χ0) is 32.0. The number of nitrogens with zero attached hydrogens (tertiary/aromatic N) is 1. The highest BCUT2D eigenvalue weighted by Crippen LogP contribution is 2.51. The lowest BCUT2D eigenvalue weighted by Crippen LogP contribution is -2.16. The maximum atomic E-state index is 6.67. The van der Waals surface area contributed by atoms with Crippen molar-refractivity contribution in [2.45, 2.75) is 19.3 Å². The van der Waals surface area contributed by atoms with E-state index in [1.54, 1.807) is 0 Å². The van der Waals surface area contributed by atoms with Gasteiger partial charge < -0.3 is 13.7 Å². The molecule has 3 nitrogen and oxygen atoms in total. The Bertz CT molecular complexity index is 2700. The van der Waals surface area contributed by atoms with Gasteiger partial charge in [-0.2, -0.15) is 0 Å². The Balaban J connectivity index is 1.14. The molecule has 0 aliphatic heterocycles. The summed E-state index contributed by atoms with van der Waals surface area (Å²) >= 11 is 0. The molecule has 1 aliphatic rings. The molecule has 2 heterocycles. The van der Waals surface area contributed by atoms with Gasteiger partial charge in [0.05, 0.1) is 0 Å². The second-order valence-corrected chi connectivity index (χ2v) is 13.3. The zero-order valence-corrected chi connectivity index (χ0v) is 26.7. The number of para-hydroxylation sites is 1. The van der Waals surface area contributed by atoms with Crippen LogP contribution >= 0.6 is 0 Å². The Morgan fingerprint density at radius 1 is 0.417 bits per heavy atom. The van der Waals surface area contributed by atoms with Crippen molar-refractivity contribution in [2.75, 3.05) is 4.90 Å². The third-order valence-electron chi connectivity index (χ3n) is 10.3. The summed E-state index contributed by atoms with van der Waals surface area (Å²) in [6.45, 7) is 4.66. The third kappa shape index (κ3) is 3.88. The van der Waals surface area contributed by atoms with Gasteiger partial charge in [-0.1, -0.05) is 105 Å². The summed E-state index contributed by atoms with van der Waals surface area (Å²) in [4.78, 5) is 2.33. The number of hydrogen-bond acceptors (Lipinski definition) is 3. The number of rotatable bonds is 4. The Hall–Kier alpha value is -6.06. The molecule has 48 heavy (non-hydrogen) atoms. The van der Waals surface area contributed by atoms with Crippen LogP contribution in [0, 0.1) is 0 Å². The molecule has 0 bridgehead atoms. The summed E-state index contributed by atoms with van der Waals surface area (Å²) in [6.07, 6.45) is 0. The topological polar surface area (TPSA) is 29.5 Å². The standard InChI is InChI=1S/C45H31NO2/c1-45(2)38-18-10-9-16-33(38)34-22-20-30(24-39(34)45)46(29-14-7-4-8-15-29)31-21-23-35-36-26-43-37(27-42(36)48-41(35)25-31)44-32(17-11-19-40(44)47-43)28-12-5-3-6-13-28/h3-27H,1-2H3. The van der Waals surface area contributed by atoms with Gasteiger partial charge in [0.2, 0.25) is 0 Å². The number of fused-ring (bicyclic) bond motifs is 9. The molecule has 1 aliphatic carbocycles. The minimum atomic E-state index is -0.0888. The van der Waals surface area contributed by atoms with E-state index >= 15 is 0 Å². The molecule has 0 unspecified atom stereocenters. The van der Waals surface area contributed by atoms with Crippen LogP contribution in [0.1, 0.15) is 25.0 Å². The molecule has 0 radical (unpaired) electrons. The van der Waals surface area contributed by atoms with Crippen molar-refractivity contribution >= 4 is 60.9 Å². The monoisotopic (exact) mass is 617 g/mol. The maximum absolute atomic E-state index is 6.67. The van der Waals surface area contributed by atoms with Crippen molar-refractivity contribution in [3.63, 3.8) is 0 Å². The zero-order valence-electron chi connectivity index (χ0n) is 26.7. The molecule has 0 saturated carbocycles. The smallest absolute Gasteiger partial charge is 0.137 e. The molecule has 2 aromatic heterocycles. The highest BCUT2D eigenvalue weighted by Gasteiger charge is 2.35. The van der Waals surface area contributed by atoms with Crippen LogP contribution in [0.15, 0.2) is 160 Å². The predicted octanol–water partition coefficient (Wildman–Crippen LogP) is 12.9. The Labute approximate surface area is 278 Å². The van der Waals surface area contributed by atoms with Gasteiger partial charge in [0.25, 0.3) is 0 Å². The molecule has 0 N–H and O–H groups in total. The number of benzene rings is 7. The van der Waals surface area contributed by atoms with E-state index in [2.05, 4.69) is 158 Å². The lowest BCUT2D eigenvalue weighted by molar-refractivity contribution is 0.660. The fourth-order valence-electron chi connectivity index (χ4n) is 7.94.